The molecule has 0 bridgehead atoms. The summed E-state index contributed by atoms with van der Waals surface area (Å²) < 4.78 is 6.13. The van der Waals surface area contributed by atoms with E-state index in [0.717, 1.165) is 62.9 Å². The van der Waals surface area contributed by atoms with Crippen molar-refractivity contribution in [1.29, 1.82) is 0 Å². The van der Waals surface area contributed by atoms with Gasteiger partial charge in [0.25, 0.3) is 0 Å². The number of carbonyl (C=O) groups excluding carboxylic acids is 2. The number of ether oxygens (including phenoxy) is 1. The van der Waals surface area contributed by atoms with Gasteiger partial charge in [0.1, 0.15) is 6.10 Å². The van der Waals surface area contributed by atoms with Gasteiger partial charge in [0.05, 0.1) is 0 Å². The van der Waals surface area contributed by atoms with Crippen LogP contribution in [0.4, 0.5) is 0 Å². The zero-order valence-corrected chi connectivity index (χ0v) is 18.5. The first kappa shape index (κ1) is 20.6. The Kier molecular flexibility index (Phi) is 5.48. The average Bonchev–Trinajstić information content (AvgIpc) is 3.37. The van der Waals surface area contributed by atoms with Gasteiger partial charge in [-0.15, -0.1) is 0 Å². The molecule has 5 rings (SSSR count). The number of hydrogen-bond donors (Lipinski definition) is 1. The number of allylic oxidation sites excluding steroid dienone is 1. The van der Waals surface area contributed by atoms with Crippen molar-refractivity contribution >= 4 is 11.8 Å². The molecule has 0 aromatic heterocycles. The predicted molar refractivity (Wildman–Crippen MR) is 115 cm³/mol. The van der Waals surface area contributed by atoms with E-state index < -0.39 is 0 Å². The van der Waals surface area contributed by atoms with Gasteiger partial charge in [-0.1, -0.05) is 32.6 Å². The molecule has 5 aliphatic carbocycles. The number of ketones is 1. The average molecular weight is 415 g/mol. The second-order valence-corrected chi connectivity index (χ2v) is 11.2. The van der Waals surface area contributed by atoms with E-state index in [2.05, 4.69) is 6.92 Å². The molecule has 30 heavy (non-hydrogen) atoms. The molecule has 5 aliphatic rings. The second-order valence-electron chi connectivity index (χ2n) is 11.2. The first-order valence-electron chi connectivity index (χ1n) is 12.6. The lowest BCUT2D eigenvalue weighted by Crippen LogP contribution is -2.48. The van der Waals surface area contributed by atoms with Gasteiger partial charge in [0, 0.05) is 18.3 Å². The van der Waals surface area contributed by atoms with Gasteiger partial charge in [-0.2, -0.15) is 0 Å². The van der Waals surface area contributed by atoms with Crippen LogP contribution in [0.25, 0.3) is 0 Å². The van der Waals surface area contributed by atoms with E-state index in [-0.39, 0.29) is 29.0 Å². The summed E-state index contributed by atoms with van der Waals surface area (Å²) in [5, 5.41) is 10.3. The predicted octanol–water partition coefficient (Wildman–Crippen LogP) is 5.90. The van der Waals surface area contributed by atoms with Crippen LogP contribution in [0.1, 0.15) is 96.8 Å². The third kappa shape index (κ3) is 3.42. The largest absolute Gasteiger partial charge is 0.504 e. The van der Waals surface area contributed by atoms with Gasteiger partial charge in [-0.05, 0) is 86.5 Å². The number of esters is 1. The van der Waals surface area contributed by atoms with Gasteiger partial charge in [-0.25, -0.2) is 0 Å². The molecule has 6 atom stereocenters. The molecule has 0 amide bonds. The quantitative estimate of drug-likeness (QED) is 0.582. The molecule has 4 fully saturated rings. The van der Waals surface area contributed by atoms with Crippen molar-refractivity contribution < 1.29 is 19.4 Å². The van der Waals surface area contributed by atoms with Gasteiger partial charge < -0.3 is 9.84 Å². The fraction of sp³-hybridized carbons (Fsp3) is 0.846. The highest BCUT2D eigenvalue weighted by atomic mass is 16.5. The SMILES string of the molecule is C[C@]12CC[C@@H]3[C@@H](CCC4=C(O)C(=O)CC[C@H]43)[C@@H]1CC[C@@H]2OC(=O)CCC1CCCC1. The molecule has 0 aromatic rings. The van der Waals surface area contributed by atoms with Crippen molar-refractivity contribution in [2.24, 2.45) is 35.0 Å². The molecule has 0 unspecified atom stereocenters. The molecule has 1 N–H and O–H groups in total. The molecule has 4 heteroatoms. The molecule has 0 spiro atoms. The standard InChI is InChI=1S/C26H38O4/c1-26-15-14-18-17-9-11-22(27)25(29)20(17)8-7-19(18)21(26)10-12-23(26)30-24(28)13-6-16-4-2-3-5-16/h16-19,21,23,29H,2-15H2,1H3/t17-,18-,19+,21-,23-,26-/m0/s1. The van der Waals surface area contributed by atoms with Crippen LogP contribution in [0.2, 0.25) is 0 Å². The molecule has 0 radical (unpaired) electrons. The number of hydrogen-bond acceptors (Lipinski definition) is 4. The number of aliphatic hydroxyl groups is 1. The highest BCUT2D eigenvalue weighted by molar-refractivity contribution is 5.94. The van der Waals surface area contributed by atoms with Gasteiger partial charge in [0.2, 0.25) is 0 Å². The Morgan fingerprint density at radius 3 is 2.63 bits per heavy atom. The van der Waals surface area contributed by atoms with E-state index in [1.807, 2.05) is 0 Å². The van der Waals surface area contributed by atoms with Crippen LogP contribution in [-0.2, 0) is 14.3 Å². The van der Waals surface area contributed by atoms with E-state index in [1.165, 1.54) is 25.7 Å². The molecule has 0 aliphatic heterocycles. The van der Waals surface area contributed by atoms with Crippen LogP contribution in [0.3, 0.4) is 0 Å². The van der Waals surface area contributed by atoms with E-state index >= 15 is 0 Å². The number of Topliss-reactive ketones (excluding diaryl/α,β-unsaturated/α-hetero) is 1. The first-order chi connectivity index (χ1) is 14.5. The summed E-state index contributed by atoms with van der Waals surface area (Å²) >= 11 is 0. The normalized spacial score (nSPS) is 41.4. The van der Waals surface area contributed by atoms with E-state index in [9.17, 15) is 14.7 Å². The highest BCUT2D eigenvalue weighted by Crippen LogP contribution is 2.62. The van der Waals surface area contributed by atoms with Gasteiger partial charge >= 0.3 is 5.97 Å². The van der Waals surface area contributed by atoms with Crippen molar-refractivity contribution in [2.45, 2.75) is 103 Å². The van der Waals surface area contributed by atoms with Crippen LogP contribution in [-0.4, -0.2) is 23.0 Å². The Bertz CT molecular complexity index is 733. The van der Waals surface area contributed by atoms with E-state index in [1.54, 1.807) is 0 Å². The lowest BCUT2D eigenvalue weighted by atomic mass is 9.52. The summed E-state index contributed by atoms with van der Waals surface area (Å²) in [5.41, 5.74) is 1.17. The van der Waals surface area contributed by atoms with E-state index in [4.69, 9.17) is 4.74 Å². The third-order valence-electron chi connectivity index (χ3n) is 9.87. The fourth-order valence-corrected chi connectivity index (χ4v) is 8.25. The highest BCUT2D eigenvalue weighted by Gasteiger charge is 2.57. The lowest BCUT2D eigenvalue weighted by Gasteiger charge is -2.53. The van der Waals surface area contributed by atoms with Gasteiger partial charge in [-0.3, -0.25) is 9.59 Å². The molecular formula is C26H38O4. The maximum atomic E-state index is 12.6. The monoisotopic (exact) mass is 414 g/mol. The molecule has 0 saturated heterocycles. The maximum Gasteiger partial charge on any atom is 0.306 e. The fourth-order valence-electron chi connectivity index (χ4n) is 8.25. The summed E-state index contributed by atoms with van der Waals surface area (Å²) in [7, 11) is 0. The minimum absolute atomic E-state index is 0.0282. The minimum atomic E-state index is -0.0502. The minimum Gasteiger partial charge on any atom is -0.504 e. The number of fused-ring (bicyclic) bond motifs is 5. The number of rotatable bonds is 4. The van der Waals surface area contributed by atoms with Crippen molar-refractivity contribution in [2.75, 3.05) is 0 Å². The van der Waals surface area contributed by atoms with Crippen molar-refractivity contribution in [3.05, 3.63) is 11.3 Å². The Morgan fingerprint density at radius 1 is 1.03 bits per heavy atom. The molecule has 4 saturated carbocycles. The number of carbonyl (C=O) groups is 2. The summed E-state index contributed by atoms with van der Waals surface area (Å²) in [6.07, 6.45) is 14.7. The molecule has 4 nitrogen and oxygen atoms in total. The van der Waals surface area contributed by atoms with E-state index in [0.29, 0.717) is 36.5 Å². The molecule has 166 valence electrons. The van der Waals surface area contributed by atoms with Crippen LogP contribution >= 0.6 is 0 Å². The zero-order chi connectivity index (χ0) is 20.9. The maximum absolute atomic E-state index is 12.6. The van der Waals surface area contributed by atoms with Crippen LogP contribution < -0.4 is 0 Å². The van der Waals surface area contributed by atoms with Crippen LogP contribution in [0.15, 0.2) is 11.3 Å². The van der Waals surface area contributed by atoms with Gasteiger partial charge in [0.15, 0.2) is 11.5 Å². The van der Waals surface area contributed by atoms with Crippen LogP contribution in [0.5, 0.6) is 0 Å². The molecule has 0 heterocycles. The van der Waals surface area contributed by atoms with Crippen molar-refractivity contribution in [1.82, 2.24) is 0 Å². The zero-order valence-electron chi connectivity index (χ0n) is 18.5. The third-order valence-corrected chi connectivity index (χ3v) is 9.87. The summed E-state index contributed by atoms with van der Waals surface area (Å²) in [5.74, 6) is 3.08. The summed E-state index contributed by atoms with van der Waals surface area (Å²) in [6, 6.07) is 0. The second kappa shape index (κ2) is 7.98. The Morgan fingerprint density at radius 2 is 1.83 bits per heavy atom. The Hall–Kier alpha value is -1.32. The van der Waals surface area contributed by atoms with Crippen LogP contribution in [0, 0.1) is 35.0 Å². The smallest absolute Gasteiger partial charge is 0.306 e. The Balaban J connectivity index is 1.24. The molecular weight excluding hydrogens is 376 g/mol. The number of aliphatic hydroxyl groups excluding tert-OH is 1. The van der Waals surface area contributed by atoms with Crippen molar-refractivity contribution in [3.8, 4) is 0 Å². The first-order valence-corrected chi connectivity index (χ1v) is 12.6. The lowest BCUT2D eigenvalue weighted by molar-refractivity contribution is -0.159. The molecule has 0 aromatic carbocycles. The Labute approximate surface area is 180 Å². The topological polar surface area (TPSA) is 63.6 Å². The summed E-state index contributed by atoms with van der Waals surface area (Å²) in [4.78, 5) is 24.6. The van der Waals surface area contributed by atoms with Crippen molar-refractivity contribution in [3.63, 3.8) is 0 Å². The summed E-state index contributed by atoms with van der Waals surface area (Å²) in [6.45, 7) is 2.38.